The van der Waals surface area contributed by atoms with Crippen LogP contribution in [0.5, 0.6) is 0 Å². The van der Waals surface area contributed by atoms with E-state index in [0.717, 1.165) is 19.1 Å². The highest BCUT2D eigenvalue weighted by Gasteiger charge is 2.53. The van der Waals surface area contributed by atoms with Crippen LogP contribution in [0.3, 0.4) is 0 Å². The van der Waals surface area contributed by atoms with Crippen LogP contribution < -0.4 is 5.32 Å². The summed E-state index contributed by atoms with van der Waals surface area (Å²) in [6.45, 7) is 11.5. The second-order valence-corrected chi connectivity index (χ2v) is 5.92. The summed E-state index contributed by atoms with van der Waals surface area (Å²) in [6.07, 6.45) is 2.67. The summed E-state index contributed by atoms with van der Waals surface area (Å²) >= 11 is 0. The molecule has 0 aromatic heterocycles. The smallest absolute Gasteiger partial charge is 0.0552 e. The van der Waals surface area contributed by atoms with Crippen LogP contribution in [0.15, 0.2) is 0 Å². The lowest BCUT2D eigenvalue weighted by molar-refractivity contribution is -0.206. The summed E-state index contributed by atoms with van der Waals surface area (Å²) in [5.74, 6) is 0.873. The second kappa shape index (κ2) is 3.49. The van der Waals surface area contributed by atoms with Crippen LogP contribution in [0.1, 0.15) is 33.6 Å². The van der Waals surface area contributed by atoms with E-state index >= 15 is 0 Å². The first-order chi connectivity index (χ1) is 6.56. The van der Waals surface area contributed by atoms with Crippen molar-refractivity contribution in [3.63, 3.8) is 0 Å². The maximum absolute atomic E-state index is 5.50. The molecule has 0 amide bonds. The maximum Gasteiger partial charge on any atom is 0.0552 e. The van der Waals surface area contributed by atoms with E-state index in [9.17, 15) is 0 Å². The largest absolute Gasteiger partial charge is 0.380 e. The fraction of sp³-hybridized carbons (Fsp3) is 1.00. The minimum Gasteiger partial charge on any atom is -0.380 e. The fourth-order valence-corrected chi connectivity index (χ4v) is 2.98. The molecule has 14 heavy (non-hydrogen) atoms. The minimum atomic E-state index is 0.396. The summed E-state index contributed by atoms with van der Waals surface area (Å²) < 4.78 is 5.50. The molecule has 0 aliphatic carbocycles. The maximum atomic E-state index is 5.50. The van der Waals surface area contributed by atoms with Crippen molar-refractivity contribution in [2.45, 2.75) is 33.6 Å². The molecule has 0 radical (unpaired) electrons. The Hall–Kier alpha value is -0.0800. The average molecular weight is 197 g/mol. The van der Waals surface area contributed by atoms with Gasteiger partial charge >= 0.3 is 0 Å². The summed E-state index contributed by atoms with van der Waals surface area (Å²) in [6, 6.07) is 0. The van der Waals surface area contributed by atoms with Gasteiger partial charge in [-0.05, 0) is 37.3 Å². The zero-order valence-electron chi connectivity index (χ0n) is 9.73. The van der Waals surface area contributed by atoms with Gasteiger partial charge in [-0.2, -0.15) is 0 Å². The monoisotopic (exact) mass is 197 g/mol. The lowest BCUT2D eigenvalue weighted by atomic mass is 9.56. The molecule has 0 saturated carbocycles. The molecule has 2 saturated heterocycles. The molecule has 1 N–H and O–H groups in total. The van der Waals surface area contributed by atoms with Gasteiger partial charge in [0.15, 0.2) is 0 Å². The van der Waals surface area contributed by atoms with Crippen LogP contribution >= 0.6 is 0 Å². The molecule has 0 aromatic rings. The molecule has 0 aromatic carbocycles. The highest BCUT2D eigenvalue weighted by molar-refractivity contribution is 5.00. The predicted octanol–water partition coefficient (Wildman–Crippen LogP) is 2.05. The van der Waals surface area contributed by atoms with Crippen molar-refractivity contribution in [1.82, 2.24) is 5.32 Å². The van der Waals surface area contributed by atoms with Crippen molar-refractivity contribution in [3.05, 3.63) is 0 Å². The van der Waals surface area contributed by atoms with E-state index in [4.69, 9.17) is 4.74 Å². The van der Waals surface area contributed by atoms with E-state index < -0.39 is 0 Å². The molecule has 0 spiro atoms. The van der Waals surface area contributed by atoms with Crippen molar-refractivity contribution < 1.29 is 4.74 Å². The second-order valence-electron chi connectivity index (χ2n) is 5.92. The Morgan fingerprint density at radius 3 is 2.07 bits per heavy atom. The van der Waals surface area contributed by atoms with Crippen molar-refractivity contribution in [3.8, 4) is 0 Å². The van der Waals surface area contributed by atoms with Crippen LogP contribution in [-0.4, -0.2) is 26.3 Å². The topological polar surface area (TPSA) is 21.3 Å². The van der Waals surface area contributed by atoms with Gasteiger partial charge in [-0.1, -0.05) is 20.8 Å². The molecule has 2 rings (SSSR count). The highest BCUT2D eigenvalue weighted by atomic mass is 16.5. The van der Waals surface area contributed by atoms with Gasteiger partial charge in [0.25, 0.3) is 0 Å². The minimum absolute atomic E-state index is 0.396. The number of hydrogen-bond donors (Lipinski definition) is 1. The number of rotatable bonds is 1. The first-order valence-electron chi connectivity index (χ1n) is 5.85. The van der Waals surface area contributed by atoms with Crippen LogP contribution in [0, 0.1) is 16.7 Å². The standard InChI is InChI=1S/C12H23NO/c1-11(2,3)12(8-14-9-12)10-4-6-13-7-5-10/h10,13H,4-9H2,1-3H3. The summed E-state index contributed by atoms with van der Waals surface area (Å²) in [4.78, 5) is 0. The third kappa shape index (κ3) is 1.49. The average Bonchev–Trinajstić information content (AvgIpc) is 2.01. The van der Waals surface area contributed by atoms with Crippen molar-refractivity contribution in [1.29, 1.82) is 0 Å². The summed E-state index contributed by atoms with van der Waals surface area (Å²) in [5.41, 5.74) is 0.863. The van der Waals surface area contributed by atoms with Gasteiger partial charge in [0.05, 0.1) is 13.2 Å². The van der Waals surface area contributed by atoms with Gasteiger partial charge < -0.3 is 10.1 Å². The van der Waals surface area contributed by atoms with Crippen LogP contribution in [0.4, 0.5) is 0 Å². The fourth-order valence-electron chi connectivity index (χ4n) is 2.98. The Bertz CT molecular complexity index is 197. The van der Waals surface area contributed by atoms with E-state index in [0.29, 0.717) is 10.8 Å². The Morgan fingerprint density at radius 2 is 1.71 bits per heavy atom. The molecule has 2 heteroatoms. The summed E-state index contributed by atoms with van der Waals surface area (Å²) in [7, 11) is 0. The molecule has 2 aliphatic rings. The van der Waals surface area contributed by atoms with E-state index in [1.807, 2.05) is 0 Å². The SMILES string of the molecule is CC(C)(C)C1(C2CCNCC2)COC1. The molecule has 2 nitrogen and oxygen atoms in total. The molecular formula is C12H23NO. The zero-order valence-corrected chi connectivity index (χ0v) is 9.73. The molecule has 2 aliphatic heterocycles. The Morgan fingerprint density at radius 1 is 1.14 bits per heavy atom. The van der Waals surface area contributed by atoms with Gasteiger partial charge in [-0.25, -0.2) is 0 Å². The Balaban J connectivity index is 2.11. The lowest BCUT2D eigenvalue weighted by Gasteiger charge is -2.56. The van der Waals surface area contributed by atoms with Crippen LogP contribution in [0.25, 0.3) is 0 Å². The van der Waals surface area contributed by atoms with Gasteiger partial charge in [0.2, 0.25) is 0 Å². The van der Waals surface area contributed by atoms with E-state index in [2.05, 4.69) is 26.1 Å². The quantitative estimate of drug-likeness (QED) is 0.694. The summed E-state index contributed by atoms with van der Waals surface area (Å²) in [5, 5.41) is 3.45. The van der Waals surface area contributed by atoms with Crippen LogP contribution in [-0.2, 0) is 4.74 Å². The normalized spacial score (nSPS) is 28.5. The molecule has 0 atom stereocenters. The Kier molecular flexibility index (Phi) is 2.61. The van der Waals surface area contributed by atoms with Gasteiger partial charge in [0.1, 0.15) is 0 Å². The van der Waals surface area contributed by atoms with E-state index in [1.54, 1.807) is 0 Å². The molecule has 0 unspecified atom stereocenters. The Labute approximate surface area is 87.4 Å². The van der Waals surface area contributed by atoms with Gasteiger partial charge in [-0.15, -0.1) is 0 Å². The zero-order chi connectivity index (χ0) is 10.2. The first kappa shape index (κ1) is 10.4. The third-order valence-electron chi connectivity index (χ3n) is 4.33. The number of ether oxygens (including phenoxy) is 1. The molecule has 82 valence electrons. The molecule has 2 heterocycles. The molecular weight excluding hydrogens is 174 g/mol. The van der Waals surface area contributed by atoms with E-state index in [1.165, 1.54) is 25.9 Å². The van der Waals surface area contributed by atoms with Crippen LogP contribution in [0.2, 0.25) is 0 Å². The van der Waals surface area contributed by atoms with E-state index in [-0.39, 0.29) is 0 Å². The van der Waals surface area contributed by atoms with Crippen molar-refractivity contribution >= 4 is 0 Å². The third-order valence-corrected chi connectivity index (χ3v) is 4.33. The van der Waals surface area contributed by atoms with Crippen molar-refractivity contribution in [2.24, 2.45) is 16.7 Å². The van der Waals surface area contributed by atoms with Gasteiger partial charge in [-0.3, -0.25) is 0 Å². The highest BCUT2D eigenvalue weighted by Crippen LogP contribution is 2.52. The predicted molar refractivity (Wildman–Crippen MR) is 58.3 cm³/mol. The number of nitrogens with one attached hydrogen (secondary N) is 1. The van der Waals surface area contributed by atoms with Crippen molar-refractivity contribution in [2.75, 3.05) is 26.3 Å². The van der Waals surface area contributed by atoms with Gasteiger partial charge in [0, 0.05) is 5.41 Å². The number of piperidine rings is 1. The lowest BCUT2D eigenvalue weighted by Crippen LogP contribution is -2.58. The number of hydrogen-bond acceptors (Lipinski definition) is 2. The molecule has 0 bridgehead atoms. The first-order valence-corrected chi connectivity index (χ1v) is 5.85. The molecule has 2 fully saturated rings.